The van der Waals surface area contributed by atoms with Gasteiger partial charge in [0.2, 0.25) is 12.7 Å². The van der Waals surface area contributed by atoms with E-state index >= 15 is 0 Å². The molecule has 148 valence electrons. The van der Waals surface area contributed by atoms with Crippen molar-refractivity contribution in [2.45, 2.75) is 43.9 Å². The molecule has 3 aliphatic rings. The number of amides is 1. The summed E-state index contributed by atoms with van der Waals surface area (Å²) in [4.78, 5) is 16.9. The van der Waals surface area contributed by atoms with E-state index in [9.17, 15) is 4.79 Å². The number of fused-ring (bicyclic) bond motifs is 1. The van der Waals surface area contributed by atoms with Crippen molar-refractivity contribution in [1.82, 2.24) is 9.80 Å². The van der Waals surface area contributed by atoms with Crippen LogP contribution in [0.4, 0.5) is 0 Å². The first kappa shape index (κ1) is 19.3. The summed E-state index contributed by atoms with van der Waals surface area (Å²) >= 11 is 0. The lowest BCUT2D eigenvalue weighted by molar-refractivity contribution is -0.133. The van der Waals surface area contributed by atoms with Gasteiger partial charge < -0.3 is 14.4 Å². The number of carbonyl (C=O) groups excluding carboxylic acids is 1. The van der Waals surface area contributed by atoms with Crippen molar-refractivity contribution in [3.63, 3.8) is 0 Å². The Labute approximate surface area is 169 Å². The molecule has 1 atom stereocenters. The lowest BCUT2D eigenvalue weighted by Gasteiger charge is -2.35. The number of ether oxygens (including phenoxy) is 2. The number of benzene rings is 1. The molecule has 3 heterocycles. The number of rotatable bonds is 7. The van der Waals surface area contributed by atoms with Gasteiger partial charge in [0.1, 0.15) is 0 Å². The molecule has 2 saturated heterocycles. The van der Waals surface area contributed by atoms with E-state index in [4.69, 9.17) is 9.47 Å². The van der Waals surface area contributed by atoms with E-state index in [0.29, 0.717) is 19.1 Å². The minimum absolute atomic E-state index is 0.317. The summed E-state index contributed by atoms with van der Waals surface area (Å²) in [5, 5.41) is 0.824. The molecule has 0 aromatic heterocycles. The van der Waals surface area contributed by atoms with Crippen LogP contribution in [-0.4, -0.2) is 59.7 Å². The van der Waals surface area contributed by atoms with Gasteiger partial charge in [-0.05, 0) is 37.0 Å². The van der Waals surface area contributed by atoms with Crippen LogP contribution in [0, 0.1) is 0 Å². The fourth-order valence-electron chi connectivity index (χ4n) is 3.82. The Morgan fingerprint density at radius 3 is 2.78 bits per heavy atom. The Bertz CT molecular complexity index is 644. The molecular weight excluding hydrogens is 380 g/mol. The van der Waals surface area contributed by atoms with Crippen LogP contribution in [0.3, 0.4) is 0 Å². The number of hydrogen-bond donors (Lipinski definition) is 0. The predicted octanol–water partition coefficient (Wildman–Crippen LogP) is 3.77. The lowest BCUT2D eigenvalue weighted by Crippen LogP contribution is -2.48. The molecule has 0 N–H and O–H groups in total. The van der Waals surface area contributed by atoms with Gasteiger partial charge >= 0.3 is 0 Å². The Morgan fingerprint density at radius 2 is 1.96 bits per heavy atom. The van der Waals surface area contributed by atoms with Gasteiger partial charge in [-0.2, -0.15) is 0 Å². The van der Waals surface area contributed by atoms with E-state index in [0.717, 1.165) is 55.9 Å². The zero-order chi connectivity index (χ0) is 18.5. The van der Waals surface area contributed by atoms with Crippen LogP contribution in [0.5, 0.6) is 11.5 Å². The highest BCUT2D eigenvalue weighted by molar-refractivity contribution is 8.77. The van der Waals surface area contributed by atoms with Crippen LogP contribution in [0.1, 0.15) is 37.7 Å². The summed E-state index contributed by atoms with van der Waals surface area (Å²) in [6.07, 6.45) is 5.56. The molecular formula is C20H28N2O3S2. The maximum atomic E-state index is 12.5. The van der Waals surface area contributed by atoms with Crippen LogP contribution in [0.15, 0.2) is 18.2 Å². The quantitative estimate of drug-likeness (QED) is 0.505. The molecule has 27 heavy (non-hydrogen) atoms. The van der Waals surface area contributed by atoms with Gasteiger partial charge in [-0.25, -0.2) is 0 Å². The fourth-order valence-corrected chi connectivity index (χ4v) is 6.85. The minimum atomic E-state index is 0.317. The molecule has 0 unspecified atom stereocenters. The zero-order valence-electron chi connectivity index (χ0n) is 15.7. The summed E-state index contributed by atoms with van der Waals surface area (Å²) in [6.45, 7) is 4.79. The standard InChI is InChI=1S/C20H28N2O3S2/c23-20(4-2-1-3-17-7-12-26-27-17)22-10-8-21(9-11-22)14-16-5-6-18-19(13-16)25-15-24-18/h5-6,13,17H,1-4,7-12,14-15H2/t17-/m1/s1. The largest absolute Gasteiger partial charge is 0.454 e. The summed E-state index contributed by atoms with van der Waals surface area (Å²) in [5.41, 5.74) is 1.24. The van der Waals surface area contributed by atoms with Gasteiger partial charge in [-0.15, -0.1) is 0 Å². The van der Waals surface area contributed by atoms with E-state index in [-0.39, 0.29) is 0 Å². The Balaban J connectivity index is 1.14. The van der Waals surface area contributed by atoms with Crippen molar-refractivity contribution in [2.24, 2.45) is 0 Å². The number of piperazine rings is 1. The third kappa shape index (κ3) is 5.27. The topological polar surface area (TPSA) is 42.0 Å². The highest BCUT2D eigenvalue weighted by atomic mass is 33.1. The Hall–Kier alpha value is -1.05. The molecule has 1 aromatic rings. The first-order valence-electron chi connectivity index (χ1n) is 9.95. The van der Waals surface area contributed by atoms with Gasteiger partial charge in [0.25, 0.3) is 0 Å². The van der Waals surface area contributed by atoms with Crippen molar-refractivity contribution in [2.75, 3.05) is 38.7 Å². The highest BCUT2D eigenvalue weighted by Crippen LogP contribution is 2.40. The molecule has 1 amide bonds. The smallest absolute Gasteiger partial charge is 0.231 e. The molecule has 3 aliphatic heterocycles. The van der Waals surface area contributed by atoms with Crippen molar-refractivity contribution in [1.29, 1.82) is 0 Å². The highest BCUT2D eigenvalue weighted by Gasteiger charge is 2.22. The summed E-state index contributed by atoms with van der Waals surface area (Å²) in [7, 11) is 4.04. The van der Waals surface area contributed by atoms with Gasteiger partial charge in [0, 0.05) is 50.1 Å². The summed E-state index contributed by atoms with van der Waals surface area (Å²) in [5.74, 6) is 3.31. The first-order chi connectivity index (χ1) is 13.3. The molecule has 5 nitrogen and oxygen atoms in total. The molecule has 0 bridgehead atoms. The van der Waals surface area contributed by atoms with Crippen molar-refractivity contribution < 1.29 is 14.3 Å². The van der Waals surface area contributed by atoms with E-state index in [1.807, 2.05) is 27.7 Å². The van der Waals surface area contributed by atoms with Crippen molar-refractivity contribution >= 4 is 27.5 Å². The van der Waals surface area contributed by atoms with E-state index < -0.39 is 0 Å². The molecule has 0 aliphatic carbocycles. The van der Waals surface area contributed by atoms with E-state index in [1.54, 1.807) is 0 Å². The SMILES string of the molecule is O=C(CCCC[C@@H]1CCSS1)N1CCN(Cc2ccc3c(c2)OCO3)CC1. The summed E-state index contributed by atoms with van der Waals surface area (Å²) < 4.78 is 10.8. The normalized spacial score (nSPS) is 22.4. The number of unbranched alkanes of at least 4 members (excludes halogenated alkanes) is 1. The molecule has 7 heteroatoms. The Morgan fingerprint density at radius 1 is 1.11 bits per heavy atom. The van der Waals surface area contributed by atoms with Gasteiger partial charge in [0.15, 0.2) is 11.5 Å². The first-order valence-corrected chi connectivity index (χ1v) is 12.3. The van der Waals surface area contributed by atoms with Crippen LogP contribution in [0.25, 0.3) is 0 Å². The molecule has 2 fully saturated rings. The number of carbonyl (C=O) groups is 1. The lowest BCUT2D eigenvalue weighted by atomic mass is 10.1. The van der Waals surface area contributed by atoms with Gasteiger partial charge in [-0.1, -0.05) is 34.1 Å². The molecule has 0 radical (unpaired) electrons. The summed E-state index contributed by atoms with van der Waals surface area (Å²) in [6, 6.07) is 6.16. The van der Waals surface area contributed by atoms with Crippen LogP contribution >= 0.6 is 21.6 Å². The van der Waals surface area contributed by atoms with E-state index in [1.165, 1.54) is 30.6 Å². The molecule has 4 rings (SSSR count). The van der Waals surface area contributed by atoms with Crippen LogP contribution in [0.2, 0.25) is 0 Å². The third-order valence-corrected chi connectivity index (χ3v) is 8.47. The fraction of sp³-hybridized carbons (Fsp3) is 0.650. The zero-order valence-corrected chi connectivity index (χ0v) is 17.4. The second-order valence-electron chi connectivity index (χ2n) is 7.42. The second kappa shape index (κ2) is 9.43. The van der Waals surface area contributed by atoms with Crippen LogP contribution in [-0.2, 0) is 11.3 Å². The molecule has 1 aromatic carbocycles. The maximum absolute atomic E-state index is 12.5. The molecule has 0 saturated carbocycles. The van der Waals surface area contributed by atoms with Gasteiger partial charge in [-0.3, -0.25) is 9.69 Å². The average Bonchev–Trinajstić information content (AvgIpc) is 3.37. The average molecular weight is 409 g/mol. The number of hydrogen-bond acceptors (Lipinski definition) is 6. The molecule has 0 spiro atoms. The van der Waals surface area contributed by atoms with E-state index in [2.05, 4.69) is 21.9 Å². The number of nitrogens with zero attached hydrogens (tertiary/aromatic N) is 2. The minimum Gasteiger partial charge on any atom is -0.454 e. The maximum Gasteiger partial charge on any atom is 0.231 e. The third-order valence-electron chi connectivity index (χ3n) is 5.46. The predicted molar refractivity (Wildman–Crippen MR) is 111 cm³/mol. The second-order valence-corrected chi connectivity index (χ2v) is 10.2. The van der Waals surface area contributed by atoms with Gasteiger partial charge in [0.05, 0.1) is 0 Å². The monoisotopic (exact) mass is 408 g/mol. The van der Waals surface area contributed by atoms with Crippen LogP contribution < -0.4 is 9.47 Å². The Kier molecular flexibility index (Phi) is 6.73. The van der Waals surface area contributed by atoms with Crippen molar-refractivity contribution in [3.8, 4) is 11.5 Å². The van der Waals surface area contributed by atoms with Crippen molar-refractivity contribution in [3.05, 3.63) is 23.8 Å².